The summed E-state index contributed by atoms with van der Waals surface area (Å²) in [6, 6.07) is 0. The minimum absolute atomic E-state index is 0.217. The van der Waals surface area contributed by atoms with E-state index < -0.39 is 5.97 Å². The zero-order valence-corrected chi connectivity index (χ0v) is 7.52. The van der Waals surface area contributed by atoms with E-state index in [1.807, 2.05) is 0 Å². The van der Waals surface area contributed by atoms with Gasteiger partial charge in [-0.05, 0) is 6.92 Å². The van der Waals surface area contributed by atoms with Crippen molar-refractivity contribution >= 4 is 18.1 Å². The van der Waals surface area contributed by atoms with Gasteiger partial charge in [-0.15, -0.1) is 0 Å². The molecule has 0 fully saturated rings. The molecule has 1 aliphatic rings. The number of hydrogen-bond acceptors (Lipinski definition) is 4. The van der Waals surface area contributed by atoms with Gasteiger partial charge in [0.2, 0.25) is 0 Å². The number of ether oxygens (including phenoxy) is 1. The Morgan fingerprint density at radius 2 is 2.38 bits per heavy atom. The van der Waals surface area contributed by atoms with Crippen molar-refractivity contribution in [2.45, 2.75) is 19.8 Å². The summed E-state index contributed by atoms with van der Waals surface area (Å²) in [4.78, 5) is 22.1. The topological polar surface area (TPSA) is 59.0 Å². The van der Waals surface area contributed by atoms with Crippen LogP contribution in [0.3, 0.4) is 0 Å². The minimum Gasteiger partial charge on any atom is -0.466 e. The Bertz CT molecular complexity index is 238. The zero-order chi connectivity index (χ0) is 9.68. The van der Waals surface area contributed by atoms with Crippen molar-refractivity contribution in [2.24, 2.45) is 5.10 Å². The number of nitrogens with zero attached hydrogens (tertiary/aromatic N) is 2. The van der Waals surface area contributed by atoms with Gasteiger partial charge < -0.3 is 4.74 Å². The SMILES string of the molecule is CCOC(=O)CC(=O)N1CCC=N1. The van der Waals surface area contributed by atoms with Crippen LogP contribution in [0.2, 0.25) is 0 Å². The van der Waals surface area contributed by atoms with Gasteiger partial charge >= 0.3 is 5.97 Å². The van der Waals surface area contributed by atoms with E-state index >= 15 is 0 Å². The second-order valence-electron chi connectivity index (χ2n) is 2.59. The Kier molecular flexibility index (Phi) is 3.42. The van der Waals surface area contributed by atoms with Crippen molar-refractivity contribution in [1.82, 2.24) is 5.01 Å². The average Bonchev–Trinajstić information content (AvgIpc) is 2.55. The molecule has 1 heterocycles. The monoisotopic (exact) mass is 184 g/mol. The molecule has 1 amide bonds. The maximum absolute atomic E-state index is 11.2. The number of hydrogen-bond donors (Lipinski definition) is 0. The van der Waals surface area contributed by atoms with Crippen LogP contribution in [0.5, 0.6) is 0 Å². The molecule has 5 nitrogen and oxygen atoms in total. The van der Waals surface area contributed by atoms with Gasteiger partial charge in [0.15, 0.2) is 0 Å². The molecular weight excluding hydrogens is 172 g/mol. The average molecular weight is 184 g/mol. The predicted molar refractivity (Wildman–Crippen MR) is 46.1 cm³/mol. The summed E-state index contributed by atoms with van der Waals surface area (Å²) in [5.41, 5.74) is 0. The lowest BCUT2D eigenvalue weighted by Crippen LogP contribution is -2.26. The molecule has 0 bridgehead atoms. The quantitative estimate of drug-likeness (QED) is 0.463. The van der Waals surface area contributed by atoms with Crippen LogP contribution in [0.15, 0.2) is 5.10 Å². The normalized spacial score (nSPS) is 14.7. The van der Waals surface area contributed by atoms with Crippen molar-refractivity contribution in [1.29, 1.82) is 0 Å². The molecule has 0 radical (unpaired) electrons. The van der Waals surface area contributed by atoms with Crippen LogP contribution in [0.4, 0.5) is 0 Å². The van der Waals surface area contributed by atoms with E-state index in [1.54, 1.807) is 13.1 Å². The molecular formula is C8H12N2O3. The molecule has 1 rings (SSSR count). The lowest BCUT2D eigenvalue weighted by molar-refractivity contribution is -0.148. The fraction of sp³-hybridized carbons (Fsp3) is 0.625. The standard InChI is InChI=1S/C8H12N2O3/c1-2-13-8(12)6-7(11)10-5-3-4-9-10/h4H,2-3,5-6H2,1H3. The molecule has 0 spiro atoms. The van der Waals surface area contributed by atoms with E-state index in [0.29, 0.717) is 13.2 Å². The Labute approximate surface area is 76.3 Å². The first-order valence-corrected chi connectivity index (χ1v) is 4.22. The van der Waals surface area contributed by atoms with E-state index in [9.17, 15) is 9.59 Å². The molecule has 0 aromatic carbocycles. The van der Waals surface area contributed by atoms with Crippen LogP contribution in [0, 0.1) is 0 Å². The molecule has 0 aromatic heterocycles. The molecule has 0 aromatic rings. The number of carbonyl (C=O) groups is 2. The van der Waals surface area contributed by atoms with Gasteiger partial charge in [0.05, 0.1) is 6.61 Å². The molecule has 0 saturated heterocycles. The third kappa shape index (κ3) is 2.85. The lowest BCUT2D eigenvalue weighted by atomic mass is 10.4. The van der Waals surface area contributed by atoms with E-state index in [0.717, 1.165) is 6.42 Å². The van der Waals surface area contributed by atoms with E-state index in [2.05, 4.69) is 9.84 Å². The number of carbonyl (C=O) groups excluding carboxylic acids is 2. The molecule has 0 N–H and O–H groups in total. The van der Waals surface area contributed by atoms with Gasteiger partial charge in [-0.25, -0.2) is 5.01 Å². The number of rotatable bonds is 3. The van der Waals surface area contributed by atoms with Crippen molar-refractivity contribution in [2.75, 3.05) is 13.2 Å². The third-order valence-electron chi connectivity index (χ3n) is 1.58. The summed E-state index contributed by atoms with van der Waals surface area (Å²) in [6.45, 7) is 2.57. The summed E-state index contributed by atoms with van der Waals surface area (Å²) < 4.78 is 4.63. The minimum atomic E-state index is -0.491. The first-order valence-electron chi connectivity index (χ1n) is 4.22. The summed E-state index contributed by atoms with van der Waals surface area (Å²) in [7, 11) is 0. The second kappa shape index (κ2) is 4.59. The van der Waals surface area contributed by atoms with Gasteiger partial charge in [-0.1, -0.05) is 0 Å². The van der Waals surface area contributed by atoms with Crippen molar-refractivity contribution in [3.8, 4) is 0 Å². The summed E-state index contributed by atoms with van der Waals surface area (Å²) in [6.07, 6.45) is 2.20. The molecule has 5 heteroatoms. The Hall–Kier alpha value is -1.39. The number of amides is 1. The highest BCUT2D eigenvalue weighted by Gasteiger charge is 2.18. The first-order chi connectivity index (χ1) is 6.24. The van der Waals surface area contributed by atoms with Gasteiger partial charge in [-0.2, -0.15) is 5.10 Å². The van der Waals surface area contributed by atoms with E-state index in [1.165, 1.54) is 5.01 Å². The zero-order valence-electron chi connectivity index (χ0n) is 7.52. The van der Waals surface area contributed by atoms with Crippen LogP contribution >= 0.6 is 0 Å². The van der Waals surface area contributed by atoms with Crippen molar-refractivity contribution in [3.63, 3.8) is 0 Å². The Morgan fingerprint density at radius 1 is 1.62 bits per heavy atom. The van der Waals surface area contributed by atoms with Gasteiger partial charge in [-0.3, -0.25) is 9.59 Å². The second-order valence-corrected chi connectivity index (χ2v) is 2.59. The fourth-order valence-corrected chi connectivity index (χ4v) is 1.01. The van der Waals surface area contributed by atoms with E-state index in [-0.39, 0.29) is 12.3 Å². The lowest BCUT2D eigenvalue weighted by Gasteiger charge is -2.10. The molecule has 0 atom stereocenters. The van der Waals surface area contributed by atoms with Crippen LogP contribution in [-0.4, -0.2) is 36.3 Å². The molecule has 0 unspecified atom stereocenters. The molecule has 0 saturated carbocycles. The number of hydrazone groups is 1. The molecule has 72 valence electrons. The summed E-state index contributed by atoms with van der Waals surface area (Å²) in [5, 5.41) is 5.09. The number of esters is 1. The molecule has 13 heavy (non-hydrogen) atoms. The smallest absolute Gasteiger partial charge is 0.315 e. The van der Waals surface area contributed by atoms with Crippen LogP contribution in [0.25, 0.3) is 0 Å². The van der Waals surface area contributed by atoms with E-state index in [4.69, 9.17) is 0 Å². The summed E-state index contributed by atoms with van der Waals surface area (Å²) in [5.74, 6) is -0.790. The molecule has 1 aliphatic heterocycles. The van der Waals surface area contributed by atoms with Crippen LogP contribution in [-0.2, 0) is 14.3 Å². The van der Waals surface area contributed by atoms with Gasteiger partial charge in [0.25, 0.3) is 5.91 Å². The van der Waals surface area contributed by atoms with Crippen LogP contribution in [0.1, 0.15) is 19.8 Å². The van der Waals surface area contributed by atoms with Crippen molar-refractivity contribution in [3.05, 3.63) is 0 Å². The Morgan fingerprint density at radius 3 is 2.92 bits per heavy atom. The third-order valence-corrected chi connectivity index (χ3v) is 1.58. The van der Waals surface area contributed by atoms with Gasteiger partial charge in [0, 0.05) is 19.2 Å². The highest BCUT2D eigenvalue weighted by atomic mass is 16.5. The Balaban J connectivity index is 2.32. The maximum atomic E-state index is 11.2. The first kappa shape index (κ1) is 9.70. The van der Waals surface area contributed by atoms with Crippen molar-refractivity contribution < 1.29 is 14.3 Å². The predicted octanol–water partition coefficient (Wildman–Crippen LogP) is 0.158. The maximum Gasteiger partial charge on any atom is 0.315 e. The largest absolute Gasteiger partial charge is 0.466 e. The van der Waals surface area contributed by atoms with Gasteiger partial charge in [0.1, 0.15) is 6.42 Å². The molecule has 0 aliphatic carbocycles. The highest BCUT2D eigenvalue weighted by molar-refractivity contribution is 5.94. The highest BCUT2D eigenvalue weighted by Crippen LogP contribution is 2.03. The van der Waals surface area contributed by atoms with Crippen LogP contribution < -0.4 is 0 Å². The fourth-order valence-electron chi connectivity index (χ4n) is 1.01. The summed E-state index contributed by atoms with van der Waals surface area (Å²) >= 11 is 0.